The van der Waals surface area contributed by atoms with Gasteiger partial charge >= 0.3 is 0 Å². The maximum Gasteiger partial charge on any atom is 0.0494 e. The van der Waals surface area contributed by atoms with Crippen LogP contribution in [0.15, 0.2) is 93.9 Å². The van der Waals surface area contributed by atoms with Crippen molar-refractivity contribution in [3.05, 3.63) is 116 Å². The van der Waals surface area contributed by atoms with Gasteiger partial charge in [-0.2, -0.15) is 0 Å². The summed E-state index contributed by atoms with van der Waals surface area (Å²) in [5.41, 5.74) is 10.4. The molecule has 1 heterocycles. The first-order valence-electron chi connectivity index (χ1n) is 11.7. The second-order valence-corrected chi connectivity index (χ2v) is 10.6. The SMILES string of the molecule is Brc1ccc(N(c2ccc(Br)cc2)c2ccc(-n3c4c(c5c3C=CCC5)CCC=C4)cc2)cc1. The summed E-state index contributed by atoms with van der Waals surface area (Å²) in [6.07, 6.45) is 13.8. The van der Waals surface area contributed by atoms with Crippen LogP contribution in [0.5, 0.6) is 0 Å². The van der Waals surface area contributed by atoms with E-state index in [1.165, 1.54) is 28.2 Å². The third kappa shape index (κ3) is 3.89. The summed E-state index contributed by atoms with van der Waals surface area (Å²) in [5.74, 6) is 0. The lowest BCUT2D eigenvalue weighted by Gasteiger charge is -2.26. The van der Waals surface area contributed by atoms with Crippen LogP contribution in [0.4, 0.5) is 17.1 Å². The van der Waals surface area contributed by atoms with Gasteiger partial charge in [0.25, 0.3) is 0 Å². The molecule has 4 aromatic rings. The van der Waals surface area contributed by atoms with Crippen LogP contribution in [0, 0.1) is 0 Å². The van der Waals surface area contributed by atoms with Gasteiger partial charge in [0.1, 0.15) is 0 Å². The van der Waals surface area contributed by atoms with Gasteiger partial charge in [0.05, 0.1) is 0 Å². The zero-order chi connectivity index (χ0) is 23.1. The molecule has 2 nitrogen and oxygen atoms in total. The lowest BCUT2D eigenvalue weighted by Crippen LogP contribution is -2.10. The van der Waals surface area contributed by atoms with Gasteiger partial charge in [0, 0.05) is 43.1 Å². The van der Waals surface area contributed by atoms with Crippen molar-refractivity contribution in [1.29, 1.82) is 0 Å². The molecule has 0 bridgehead atoms. The summed E-state index contributed by atoms with van der Waals surface area (Å²) in [6, 6.07) is 25.9. The smallest absolute Gasteiger partial charge is 0.0494 e. The van der Waals surface area contributed by atoms with Crippen molar-refractivity contribution >= 4 is 61.1 Å². The van der Waals surface area contributed by atoms with Crippen LogP contribution in [0.1, 0.15) is 35.4 Å². The van der Waals surface area contributed by atoms with Gasteiger partial charge in [-0.1, -0.05) is 44.0 Å². The maximum absolute atomic E-state index is 3.57. The predicted molar refractivity (Wildman–Crippen MR) is 151 cm³/mol. The lowest BCUT2D eigenvalue weighted by atomic mass is 9.94. The van der Waals surface area contributed by atoms with Crippen LogP contribution in [0.2, 0.25) is 0 Å². The fourth-order valence-electron chi connectivity index (χ4n) is 5.12. The van der Waals surface area contributed by atoms with E-state index in [-0.39, 0.29) is 0 Å². The van der Waals surface area contributed by atoms with Crippen molar-refractivity contribution in [3.63, 3.8) is 0 Å². The average Bonchev–Trinajstić information content (AvgIpc) is 3.21. The summed E-state index contributed by atoms with van der Waals surface area (Å²) in [7, 11) is 0. The molecular formula is C30H24Br2N2. The molecule has 0 fully saturated rings. The van der Waals surface area contributed by atoms with E-state index in [0.29, 0.717) is 0 Å². The van der Waals surface area contributed by atoms with Crippen LogP contribution >= 0.6 is 31.9 Å². The summed E-state index contributed by atoms with van der Waals surface area (Å²) < 4.78 is 4.60. The number of allylic oxidation sites excluding steroid dienone is 2. The van der Waals surface area contributed by atoms with Crippen molar-refractivity contribution in [2.45, 2.75) is 25.7 Å². The molecule has 0 unspecified atom stereocenters. The van der Waals surface area contributed by atoms with E-state index in [9.17, 15) is 0 Å². The standard InChI is InChI=1S/C30H24Br2N2/c31-21-9-13-23(14-10-21)33(24-15-11-22(32)12-16-24)25-17-19-26(20-18-25)34-29-7-3-1-5-27(29)28-6-2-4-8-30(28)34/h3-4,7-20H,1-2,5-6H2. The molecule has 4 heteroatoms. The molecule has 1 aromatic heterocycles. The minimum atomic E-state index is 1.07. The second-order valence-electron chi connectivity index (χ2n) is 8.75. The number of fused-ring (bicyclic) bond motifs is 3. The number of rotatable bonds is 4. The molecule has 0 N–H and O–H groups in total. The summed E-state index contributed by atoms with van der Waals surface area (Å²) in [4.78, 5) is 2.29. The second kappa shape index (κ2) is 9.09. The highest BCUT2D eigenvalue weighted by Crippen LogP contribution is 2.38. The van der Waals surface area contributed by atoms with Crippen LogP contribution in [0.25, 0.3) is 17.8 Å². The molecule has 34 heavy (non-hydrogen) atoms. The Morgan fingerprint density at radius 2 is 0.971 bits per heavy atom. The van der Waals surface area contributed by atoms with Crippen molar-refractivity contribution in [2.75, 3.05) is 4.90 Å². The first kappa shape index (κ1) is 21.7. The highest BCUT2D eigenvalue weighted by molar-refractivity contribution is 9.10. The highest BCUT2D eigenvalue weighted by Gasteiger charge is 2.23. The number of hydrogen-bond acceptors (Lipinski definition) is 1. The Balaban J connectivity index is 1.45. The van der Waals surface area contributed by atoms with Gasteiger partial charge in [-0.25, -0.2) is 0 Å². The molecule has 2 aliphatic rings. The fourth-order valence-corrected chi connectivity index (χ4v) is 5.65. The van der Waals surface area contributed by atoms with Crippen molar-refractivity contribution in [1.82, 2.24) is 4.57 Å². The van der Waals surface area contributed by atoms with Crippen LogP contribution in [-0.4, -0.2) is 4.57 Å². The van der Waals surface area contributed by atoms with Crippen molar-refractivity contribution < 1.29 is 0 Å². The van der Waals surface area contributed by atoms with Crippen LogP contribution < -0.4 is 4.90 Å². The van der Waals surface area contributed by atoms with Crippen LogP contribution in [-0.2, 0) is 12.8 Å². The number of aromatic nitrogens is 1. The third-order valence-corrected chi connectivity index (χ3v) is 7.73. The van der Waals surface area contributed by atoms with Crippen molar-refractivity contribution in [3.8, 4) is 5.69 Å². The molecule has 0 aliphatic heterocycles. The van der Waals surface area contributed by atoms with Gasteiger partial charge in [0.2, 0.25) is 0 Å². The Morgan fingerprint density at radius 3 is 1.41 bits per heavy atom. The lowest BCUT2D eigenvalue weighted by molar-refractivity contribution is 0.922. The number of hydrogen-bond donors (Lipinski definition) is 0. The van der Waals surface area contributed by atoms with E-state index in [0.717, 1.165) is 51.7 Å². The van der Waals surface area contributed by atoms with Crippen LogP contribution in [0.3, 0.4) is 0 Å². The average molecular weight is 572 g/mol. The Hall–Kier alpha value is -2.82. The van der Waals surface area contributed by atoms with Gasteiger partial charge in [-0.15, -0.1) is 0 Å². The Labute approximate surface area is 217 Å². The first-order valence-corrected chi connectivity index (χ1v) is 13.3. The Kier molecular flexibility index (Phi) is 5.80. The number of nitrogens with zero attached hydrogens (tertiary/aromatic N) is 2. The Bertz CT molecular complexity index is 1310. The third-order valence-electron chi connectivity index (χ3n) is 6.67. The van der Waals surface area contributed by atoms with E-state index >= 15 is 0 Å². The largest absolute Gasteiger partial charge is 0.311 e. The predicted octanol–water partition coefficient (Wildman–Crippen LogP) is 9.39. The van der Waals surface area contributed by atoms with E-state index in [1.807, 2.05) is 0 Å². The molecule has 0 saturated heterocycles. The molecule has 6 rings (SSSR count). The summed E-state index contributed by atoms with van der Waals surface area (Å²) in [5, 5.41) is 0. The number of halogens is 2. The molecule has 0 atom stereocenters. The van der Waals surface area contributed by atoms with E-state index in [1.54, 1.807) is 0 Å². The number of anilines is 3. The highest BCUT2D eigenvalue weighted by atomic mass is 79.9. The molecule has 3 aromatic carbocycles. The molecule has 0 saturated carbocycles. The van der Waals surface area contributed by atoms with Gasteiger partial charge < -0.3 is 9.47 Å². The monoisotopic (exact) mass is 570 g/mol. The Morgan fingerprint density at radius 1 is 0.559 bits per heavy atom. The van der Waals surface area contributed by atoms with Crippen molar-refractivity contribution in [2.24, 2.45) is 0 Å². The van der Waals surface area contributed by atoms with Gasteiger partial charge in [0.15, 0.2) is 0 Å². The molecular weight excluding hydrogens is 548 g/mol. The number of benzene rings is 3. The zero-order valence-corrected chi connectivity index (χ0v) is 21.9. The van der Waals surface area contributed by atoms with E-state index < -0.39 is 0 Å². The topological polar surface area (TPSA) is 8.17 Å². The van der Waals surface area contributed by atoms with E-state index in [2.05, 4.69) is 138 Å². The maximum atomic E-state index is 3.57. The van der Waals surface area contributed by atoms with Gasteiger partial charge in [-0.3, -0.25) is 0 Å². The molecule has 0 spiro atoms. The normalized spacial score (nSPS) is 14.1. The summed E-state index contributed by atoms with van der Waals surface area (Å²) >= 11 is 7.14. The van der Waals surface area contributed by atoms with E-state index in [4.69, 9.17) is 0 Å². The molecule has 0 amide bonds. The molecule has 168 valence electrons. The quantitative estimate of drug-likeness (QED) is 0.237. The molecule has 0 radical (unpaired) electrons. The zero-order valence-electron chi connectivity index (χ0n) is 18.7. The minimum absolute atomic E-state index is 1.07. The molecule has 2 aliphatic carbocycles. The summed E-state index contributed by atoms with van der Waals surface area (Å²) in [6.45, 7) is 0. The van der Waals surface area contributed by atoms with Gasteiger partial charge in [-0.05, 0) is 122 Å². The first-order chi connectivity index (χ1) is 16.7. The minimum Gasteiger partial charge on any atom is -0.311 e. The fraction of sp³-hybridized carbons (Fsp3) is 0.133.